The van der Waals surface area contributed by atoms with Crippen molar-refractivity contribution in [3.05, 3.63) is 23.3 Å². The fourth-order valence-corrected chi connectivity index (χ4v) is 2.54. The number of carbonyl (C=O) groups excluding carboxylic acids is 1. The van der Waals surface area contributed by atoms with Crippen LogP contribution in [0.5, 0.6) is 0 Å². The highest BCUT2D eigenvalue weighted by Gasteiger charge is 2.22. The average molecular weight is 290 g/mol. The van der Waals surface area contributed by atoms with E-state index < -0.39 is 0 Å². The van der Waals surface area contributed by atoms with E-state index in [1.54, 1.807) is 6.07 Å². The minimum atomic E-state index is -0.0941. The van der Waals surface area contributed by atoms with Crippen LogP contribution in [0, 0.1) is 12.8 Å². The fraction of sp³-hybridized carbons (Fsp3) is 0.688. The molecule has 0 atom stereocenters. The molecule has 1 saturated heterocycles. The molecule has 0 bridgehead atoms. The molecule has 2 heterocycles. The van der Waals surface area contributed by atoms with Gasteiger partial charge in [0.25, 0.3) is 5.91 Å². The first-order chi connectivity index (χ1) is 9.95. The van der Waals surface area contributed by atoms with Crippen molar-refractivity contribution in [1.29, 1.82) is 0 Å². The van der Waals surface area contributed by atoms with Crippen molar-refractivity contribution in [2.45, 2.75) is 39.5 Å². The van der Waals surface area contributed by atoms with E-state index in [9.17, 15) is 4.79 Å². The average Bonchev–Trinajstić information content (AvgIpc) is 2.44. The van der Waals surface area contributed by atoms with Crippen molar-refractivity contribution in [1.82, 2.24) is 20.2 Å². The van der Waals surface area contributed by atoms with Gasteiger partial charge in [0.2, 0.25) is 0 Å². The number of rotatable bonds is 4. The molecule has 1 N–H and O–H groups in total. The molecular formula is C16H26N4O. The van der Waals surface area contributed by atoms with E-state index in [-0.39, 0.29) is 5.91 Å². The summed E-state index contributed by atoms with van der Waals surface area (Å²) in [7, 11) is 2.14. The predicted octanol–water partition coefficient (Wildman–Crippen LogP) is 1.98. The SMILES string of the molecule is Cc1cc(C(=O)NCC(C)C)nc(C2CCN(C)CC2)n1. The van der Waals surface area contributed by atoms with Crippen LogP contribution < -0.4 is 5.32 Å². The summed E-state index contributed by atoms with van der Waals surface area (Å²) >= 11 is 0. The molecule has 1 aromatic heterocycles. The predicted molar refractivity (Wildman–Crippen MR) is 83.4 cm³/mol. The molecule has 0 unspecified atom stereocenters. The second kappa shape index (κ2) is 6.98. The first-order valence-electron chi connectivity index (χ1n) is 7.78. The highest BCUT2D eigenvalue weighted by Crippen LogP contribution is 2.25. The molecule has 5 heteroatoms. The topological polar surface area (TPSA) is 58.1 Å². The van der Waals surface area contributed by atoms with Gasteiger partial charge in [0.1, 0.15) is 11.5 Å². The quantitative estimate of drug-likeness (QED) is 0.921. The third kappa shape index (κ3) is 4.49. The zero-order chi connectivity index (χ0) is 15.4. The molecule has 5 nitrogen and oxygen atoms in total. The number of nitrogens with zero attached hydrogens (tertiary/aromatic N) is 3. The summed E-state index contributed by atoms with van der Waals surface area (Å²) in [4.78, 5) is 23.6. The molecule has 2 rings (SSSR count). The van der Waals surface area contributed by atoms with E-state index in [1.165, 1.54) is 0 Å². The van der Waals surface area contributed by atoms with Gasteiger partial charge < -0.3 is 10.2 Å². The summed E-state index contributed by atoms with van der Waals surface area (Å²) in [6.07, 6.45) is 2.13. The van der Waals surface area contributed by atoms with Crippen LogP contribution in [-0.4, -0.2) is 47.5 Å². The molecule has 1 aliphatic rings. The Labute approximate surface area is 127 Å². The van der Waals surface area contributed by atoms with E-state index in [0.29, 0.717) is 24.1 Å². The summed E-state index contributed by atoms with van der Waals surface area (Å²) in [5, 5.41) is 2.93. The maximum absolute atomic E-state index is 12.2. The Kier molecular flexibility index (Phi) is 5.28. The van der Waals surface area contributed by atoms with Crippen LogP contribution in [0.3, 0.4) is 0 Å². The van der Waals surface area contributed by atoms with Gasteiger partial charge in [0, 0.05) is 18.2 Å². The summed E-state index contributed by atoms with van der Waals surface area (Å²) in [5.74, 6) is 1.55. The van der Waals surface area contributed by atoms with Crippen LogP contribution in [-0.2, 0) is 0 Å². The molecule has 1 amide bonds. The van der Waals surface area contributed by atoms with Crippen molar-refractivity contribution >= 4 is 5.91 Å². The zero-order valence-corrected chi connectivity index (χ0v) is 13.5. The Bertz CT molecular complexity index is 493. The maximum Gasteiger partial charge on any atom is 0.270 e. The summed E-state index contributed by atoms with van der Waals surface area (Å²) in [5.41, 5.74) is 1.37. The Morgan fingerprint density at radius 3 is 2.67 bits per heavy atom. The van der Waals surface area contributed by atoms with Gasteiger partial charge >= 0.3 is 0 Å². The molecule has 0 spiro atoms. The van der Waals surface area contributed by atoms with Crippen molar-refractivity contribution in [3.63, 3.8) is 0 Å². The largest absolute Gasteiger partial charge is 0.350 e. The van der Waals surface area contributed by atoms with Gasteiger partial charge in [-0.15, -0.1) is 0 Å². The number of hydrogen-bond donors (Lipinski definition) is 1. The van der Waals surface area contributed by atoms with Gasteiger partial charge in [-0.05, 0) is 51.9 Å². The lowest BCUT2D eigenvalue weighted by Gasteiger charge is -2.28. The summed E-state index contributed by atoms with van der Waals surface area (Å²) in [6.45, 7) is 8.89. The summed E-state index contributed by atoms with van der Waals surface area (Å²) < 4.78 is 0. The summed E-state index contributed by atoms with van der Waals surface area (Å²) in [6, 6.07) is 1.77. The molecule has 0 aromatic carbocycles. The number of hydrogen-bond acceptors (Lipinski definition) is 4. The van der Waals surface area contributed by atoms with Gasteiger partial charge in [0.05, 0.1) is 0 Å². The smallest absolute Gasteiger partial charge is 0.270 e. The van der Waals surface area contributed by atoms with Gasteiger partial charge in [-0.3, -0.25) is 4.79 Å². The molecule has 21 heavy (non-hydrogen) atoms. The monoisotopic (exact) mass is 290 g/mol. The number of piperidine rings is 1. The molecule has 116 valence electrons. The second-order valence-corrected chi connectivity index (χ2v) is 6.43. The van der Waals surface area contributed by atoms with E-state index in [1.807, 2.05) is 6.92 Å². The fourth-order valence-electron chi connectivity index (χ4n) is 2.54. The molecular weight excluding hydrogens is 264 g/mol. The van der Waals surface area contributed by atoms with Crippen molar-refractivity contribution in [2.24, 2.45) is 5.92 Å². The third-order valence-corrected chi connectivity index (χ3v) is 3.86. The van der Waals surface area contributed by atoms with Gasteiger partial charge in [-0.25, -0.2) is 9.97 Å². The van der Waals surface area contributed by atoms with Crippen LogP contribution in [0.15, 0.2) is 6.07 Å². The molecule has 0 aliphatic carbocycles. The Hall–Kier alpha value is -1.49. The van der Waals surface area contributed by atoms with E-state index in [0.717, 1.165) is 37.4 Å². The first kappa shape index (κ1) is 15.9. The molecule has 1 aliphatic heterocycles. The van der Waals surface area contributed by atoms with E-state index in [4.69, 9.17) is 0 Å². The highest BCUT2D eigenvalue weighted by molar-refractivity contribution is 5.92. The number of aromatic nitrogens is 2. The number of likely N-dealkylation sites (tertiary alicyclic amines) is 1. The second-order valence-electron chi connectivity index (χ2n) is 6.43. The van der Waals surface area contributed by atoms with Crippen molar-refractivity contribution < 1.29 is 4.79 Å². The van der Waals surface area contributed by atoms with Crippen LogP contribution in [0.25, 0.3) is 0 Å². The lowest BCUT2D eigenvalue weighted by molar-refractivity contribution is 0.0943. The Balaban J connectivity index is 2.11. The van der Waals surface area contributed by atoms with Crippen LogP contribution in [0.4, 0.5) is 0 Å². The van der Waals surface area contributed by atoms with E-state index >= 15 is 0 Å². The normalized spacial score (nSPS) is 17.2. The van der Waals surface area contributed by atoms with Crippen LogP contribution >= 0.6 is 0 Å². The Morgan fingerprint density at radius 1 is 1.38 bits per heavy atom. The number of amides is 1. The van der Waals surface area contributed by atoms with Gasteiger partial charge in [0.15, 0.2) is 0 Å². The lowest BCUT2D eigenvalue weighted by Crippen LogP contribution is -2.31. The highest BCUT2D eigenvalue weighted by atomic mass is 16.1. The van der Waals surface area contributed by atoms with E-state index in [2.05, 4.69) is 41.1 Å². The molecule has 1 aromatic rings. The standard InChI is InChI=1S/C16H26N4O/c1-11(2)10-17-16(21)14-9-12(3)18-15(19-14)13-5-7-20(4)8-6-13/h9,11,13H,5-8,10H2,1-4H3,(H,17,21). The number of nitrogens with one attached hydrogen (secondary N) is 1. The minimum Gasteiger partial charge on any atom is -0.350 e. The Morgan fingerprint density at radius 2 is 2.05 bits per heavy atom. The number of aryl methyl sites for hydroxylation is 1. The van der Waals surface area contributed by atoms with Crippen molar-refractivity contribution in [2.75, 3.05) is 26.7 Å². The zero-order valence-electron chi connectivity index (χ0n) is 13.5. The van der Waals surface area contributed by atoms with Crippen molar-refractivity contribution in [3.8, 4) is 0 Å². The lowest BCUT2D eigenvalue weighted by atomic mass is 9.96. The molecule has 0 saturated carbocycles. The molecule has 1 fully saturated rings. The van der Waals surface area contributed by atoms with Crippen LogP contribution in [0.1, 0.15) is 54.6 Å². The first-order valence-corrected chi connectivity index (χ1v) is 7.78. The van der Waals surface area contributed by atoms with Gasteiger partial charge in [-0.2, -0.15) is 0 Å². The minimum absolute atomic E-state index is 0.0941. The maximum atomic E-state index is 12.2. The van der Waals surface area contributed by atoms with Crippen LogP contribution in [0.2, 0.25) is 0 Å². The van der Waals surface area contributed by atoms with Gasteiger partial charge in [-0.1, -0.05) is 13.8 Å². The molecule has 0 radical (unpaired) electrons. The number of carbonyl (C=O) groups is 1. The third-order valence-electron chi connectivity index (χ3n) is 3.86.